The highest BCUT2D eigenvalue weighted by molar-refractivity contribution is 5.25. The van der Waals surface area contributed by atoms with E-state index in [0.717, 1.165) is 52.0 Å². The first-order valence-electron chi connectivity index (χ1n) is 7.49. The fourth-order valence-corrected chi connectivity index (χ4v) is 3.21. The van der Waals surface area contributed by atoms with Crippen molar-refractivity contribution < 1.29 is 9.64 Å². The quantitative estimate of drug-likeness (QED) is 0.778. The van der Waals surface area contributed by atoms with Crippen LogP contribution in [0.5, 0.6) is 0 Å². The van der Waals surface area contributed by atoms with Crippen molar-refractivity contribution in [3.8, 4) is 0 Å². The van der Waals surface area contributed by atoms with Crippen LogP contribution in [0.3, 0.4) is 0 Å². The molecule has 1 N–H and O–H groups in total. The third-order valence-electron chi connectivity index (χ3n) is 4.51. The Kier molecular flexibility index (Phi) is 4.29. The van der Waals surface area contributed by atoms with Gasteiger partial charge in [0.2, 0.25) is 0 Å². The number of aromatic nitrogens is 2. The molecule has 0 aromatic carbocycles. The zero-order valence-corrected chi connectivity index (χ0v) is 12.3. The van der Waals surface area contributed by atoms with Crippen molar-refractivity contribution >= 4 is 0 Å². The molecular formula is C15H24N4O. The average molecular weight is 276 g/mol. The van der Waals surface area contributed by atoms with Crippen LogP contribution in [0.2, 0.25) is 0 Å². The maximum Gasteiger partial charge on any atom is 0.116 e. The molecule has 0 spiro atoms. The van der Waals surface area contributed by atoms with Crippen LogP contribution in [0.4, 0.5) is 0 Å². The number of nitrogens with one attached hydrogen (secondary N) is 1. The van der Waals surface area contributed by atoms with Crippen molar-refractivity contribution in [2.75, 3.05) is 26.7 Å². The summed E-state index contributed by atoms with van der Waals surface area (Å²) < 4.78 is 5.43. The van der Waals surface area contributed by atoms with E-state index in [4.69, 9.17) is 4.74 Å². The van der Waals surface area contributed by atoms with Gasteiger partial charge in [-0.3, -0.25) is 4.90 Å². The van der Waals surface area contributed by atoms with Crippen LogP contribution >= 0.6 is 0 Å². The van der Waals surface area contributed by atoms with Gasteiger partial charge in [-0.2, -0.15) is 7.05 Å². The second-order valence-electron chi connectivity index (χ2n) is 5.88. The van der Waals surface area contributed by atoms with Crippen LogP contribution in [-0.2, 0) is 24.2 Å². The van der Waals surface area contributed by atoms with Gasteiger partial charge >= 0.3 is 0 Å². The molecule has 3 rings (SSSR count). The fraction of sp³-hybridized carbons (Fsp3) is 0.667. The second-order valence-corrected chi connectivity index (χ2v) is 5.88. The minimum Gasteiger partial charge on any atom is -0.463 e. The molecule has 0 aliphatic carbocycles. The van der Waals surface area contributed by atoms with Gasteiger partial charge in [-0.1, -0.05) is 0 Å². The van der Waals surface area contributed by atoms with E-state index in [-0.39, 0.29) is 0 Å². The molecule has 0 bridgehead atoms. The summed E-state index contributed by atoms with van der Waals surface area (Å²) in [7, 11) is 5.90. The van der Waals surface area contributed by atoms with Gasteiger partial charge in [0, 0.05) is 38.7 Å². The number of methoxy groups -OCH3 is 1. The number of ether oxygens (including phenoxy) is 1. The Morgan fingerprint density at radius 3 is 2.95 bits per heavy atom. The number of hydrogen-bond donors (Lipinski definition) is 1. The van der Waals surface area contributed by atoms with Crippen LogP contribution in [0.15, 0.2) is 6.33 Å². The third kappa shape index (κ3) is 3.00. The molecule has 3 heterocycles. The van der Waals surface area contributed by atoms with E-state index >= 15 is 0 Å². The van der Waals surface area contributed by atoms with Gasteiger partial charge in [-0.05, 0) is 12.8 Å². The van der Waals surface area contributed by atoms with Gasteiger partial charge in [0.1, 0.15) is 6.33 Å². The van der Waals surface area contributed by atoms with Crippen molar-refractivity contribution in [1.29, 1.82) is 0 Å². The highest BCUT2D eigenvalue weighted by Crippen LogP contribution is 2.18. The molecule has 1 unspecified atom stereocenters. The standard InChI is InChI=1S/C15H24N4O/c1-18-6-5-13-14(9-18)16-11-17-15(13)10-19-7-3-12(20-2)4-8-19/h11-12,18H,1,3-10H2,2H3. The van der Waals surface area contributed by atoms with E-state index < -0.39 is 0 Å². The molecule has 0 amide bonds. The summed E-state index contributed by atoms with van der Waals surface area (Å²) in [6, 6.07) is 0. The summed E-state index contributed by atoms with van der Waals surface area (Å²) in [5.74, 6) is 0. The van der Waals surface area contributed by atoms with Crippen molar-refractivity contribution in [2.24, 2.45) is 0 Å². The number of hydrogen-bond acceptors (Lipinski definition) is 4. The minimum absolute atomic E-state index is 0.439. The van der Waals surface area contributed by atoms with Crippen molar-refractivity contribution in [3.63, 3.8) is 0 Å². The zero-order valence-electron chi connectivity index (χ0n) is 12.3. The molecule has 1 aromatic heterocycles. The summed E-state index contributed by atoms with van der Waals surface area (Å²) >= 11 is 0. The monoisotopic (exact) mass is 276 g/mol. The number of rotatable bonds is 3. The van der Waals surface area contributed by atoms with Gasteiger partial charge in [0.25, 0.3) is 0 Å². The Labute approximate surface area is 121 Å². The Morgan fingerprint density at radius 2 is 2.20 bits per heavy atom. The lowest BCUT2D eigenvalue weighted by molar-refractivity contribution is -0.870. The molecular weight excluding hydrogens is 252 g/mol. The van der Waals surface area contributed by atoms with E-state index in [0.29, 0.717) is 6.10 Å². The lowest BCUT2D eigenvalue weighted by Gasteiger charge is -2.32. The molecule has 2 aliphatic heterocycles. The number of likely N-dealkylation sites (tertiary alicyclic amines) is 1. The van der Waals surface area contributed by atoms with E-state index in [1.54, 1.807) is 6.33 Å². The first-order valence-corrected chi connectivity index (χ1v) is 7.49. The molecule has 110 valence electrons. The summed E-state index contributed by atoms with van der Waals surface area (Å²) in [6.45, 7) is 5.16. The lowest BCUT2D eigenvalue weighted by Crippen LogP contribution is -3.06. The highest BCUT2D eigenvalue weighted by Gasteiger charge is 2.23. The molecule has 1 atom stereocenters. The topological polar surface area (TPSA) is 42.7 Å². The summed E-state index contributed by atoms with van der Waals surface area (Å²) in [5, 5.41) is 0. The van der Waals surface area contributed by atoms with Crippen LogP contribution in [-0.4, -0.2) is 47.7 Å². The normalized spacial score (nSPS) is 24.6. The second kappa shape index (κ2) is 6.16. The number of fused-ring (bicyclic) bond motifs is 1. The van der Waals surface area contributed by atoms with E-state index in [2.05, 4.69) is 21.9 Å². The molecule has 1 fully saturated rings. The summed E-state index contributed by atoms with van der Waals surface area (Å²) in [4.78, 5) is 12.8. The molecule has 1 saturated heterocycles. The summed E-state index contributed by atoms with van der Waals surface area (Å²) in [5.41, 5.74) is 3.78. The number of quaternary nitrogens is 1. The molecule has 20 heavy (non-hydrogen) atoms. The zero-order chi connectivity index (χ0) is 13.9. The fourth-order valence-electron chi connectivity index (χ4n) is 3.21. The van der Waals surface area contributed by atoms with Gasteiger partial charge in [-0.25, -0.2) is 9.97 Å². The smallest absolute Gasteiger partial charge is 0.116 e. The highest BCUT2D eigenvalue weighted by atomic mass is 16.5. The Bertz CT molecular complexity index is 457. The number of piperidine rings is 1. The molecule has 2 aliphatic rings. The molecule has 1 aromatic rings. The Hall–Kier alpha value is -1.04. The van der Waals surface area contributed by atoms with Gasteiger partial charge in [0.15, 0.2) is 0 Å². The number of nitrogens with zero attached hydrogens (tertiary/aromatic N) is 3. The SMILES string of the molecule is [CH2-][NH+]1CCc2c(CN3CCC(OC)CC3)ncnc2C1. The Balaban J connectivity index is 1.68. The maximum absolute atomic E-state index is 5.43. The Morgan fingerprint density at radius 1 is 1.40 bits per heavy atom. The van der Waals surface area contributed by atoms with Crippen molar-refractivity contribution in [1.82, 2.24) is 14.9 Å². The van der Waals surface area contributed by atoms with Crippen LogP contribution in [0.25, 0.3) is 0 Å². The molecule has 0 saturated carbocycles. The van der Waals surface area contributed by atoms with Crippen molar-refractivity contribution in [2.45, 2.75) is 38.5 Å². The summed E-state index contributed by atoms with van der Waals surface area (Å²) in [6.07, 6.45) is 5.46. The van der Waals surface area contributed by atoms with Crippen LogP contribution < -0.4 is 4.90 Å². The van der Waals surface area contributed by atoms with Crippen molar-refractivity contribution in [3.05, 3.63) is 30.3 Å². The van der Waals surface area contributed by atoms with Crippen LogP contribution in [0.1, 0.15) is 29.8 Å². The minimum atomic E-state index is 0.439. The molecule has 0 radical (unpaired) electrons. The molecule has 5 nitrogen and oxygen atoms in total. The first kappa shape index (κ1) is 13.9. The first-order chi connectivity index (χ1) is 9.76. The van der Waals surface area contributed by atoms with Gasteiger partial charge < -0.3 is 9.64 Å². The van der Waals surface area contributed by atoms with Gasteiger partial charge in [0.05, 0.1) is 30.6 Å². The average Bonchev–Trinajstić information content (AvgIpc) is 2.48. The predicted octanol–water partition coefficient (Wildman–Crippen LogP) is -0.180. The van der Waals surface area contributed by atoms with Gasteiger partial charge in [-0.15, -0.1) is 0 Å². The maximum atomic E-state index is 5.43. The lowest BCUT2D eigenvalue weighted by atomic mass is 10.0. The van der Waals surface area contributed by atoms with Crippen LogP contribution in [0, 0.1) is 7.05 Å². The largest absolute Gasteiger partial charge is 0.463 e. The van der Waals surface area contributed by atoms with E-state index in [1.807, 2.05) is 7.11 Å². The molecule has 5 heteroatoms. The predicted molar refractivity (Wildman–Crippen MR) is 75.9 cm³/mol. The third-order valence-corrected chi connectivity index (χ3v) is 4.51. The van der Waals surface area contributed by atoms with E-state index in [9.17, 15) is 0 Å². The van der Waals surface area contributed by atoms with E-state index in [1.165, 1.54) is 21.9 Å².